The van der Waals surface area contributed by atoms with Crippen LogP contribution in [0.4, 0.5) is 0 Å². The fraction of sp³-hybridized carbons (Fsp3) is 0.467. The summed E-state index contributed by atoms with van der Waals surface area (Å²) in [5.74, 6) is 0.154. The van der Waals surface area contributed by atoms with Gasteiger partial charge in [-0.3, -0.25) is 19.8 Å². The maximum absolute atomic E-state index is 12.0. The van der Waals surface area contributed by atoms with Crippen LogP contribution >= 0.6 is 0 Å². The van der Waals surface area contributed by atoms with Crippen molar-refractivity contribution in [1.82, 2.24) is 10.2 Å². The van der Waals surface area contributed by atoms with E-state index in [0.29, 0.717) is 18.7 Å². The van der Waals surface area contributed by atoms with Crippen LogP contribution in [-0.4, -0.2) is 43.0 Å². The second kappa shape index (κ2) is 6.69. The van der Waals surface area contributed by atoms with Gasteiger partial charge in [-0.2, -0.15) is 0 Å². The Balaban J connectivity index is 2.38. The van der Waals surface area contributed by atoms with Gasteiger partial charge in [-0.25, -0.2) is 0 Å². The number of carbonyl (C=O) groups is 2. The summed E-state index contributed by atoms with van der Waals surface area (Å²) in [7, 11) is 1.60. The number of nitrogens with two attached hydrogens (primary N) is 1. The molecule has 1 aromatic carbocycles. The van der Waals surface area contributed by atoms with E-state index in [1.54, 1.807) is 7.11 Å². The van der Waals surface area contributed by atoms with Crippen LogP contribution in [0.3, 0.4) is 0 Å². The summed E-state index contributed by atoms with van der Waals surface area (Å²) in [6, 6.07) is 6.95. The molecule has 0 saturated carbocycles. The highest BCUT2D eigenvalue weighted by atomic mass is 16.5. The molecule has 1 aliphatic rings. The summed E-state index contributed by atoms with van der Waals surface area (Å²) < 4.78 is 5.37. The summed E-state index contributed by atoms with van der Waals surface area (Å²) in [4.78, 5) is 25.6. The molecular formula is C15H21N3O3. The number of imide groups is 1. The number of nitrogens with one attached hydrogen (secondary N) is 1. The molecule has 1 fully saturated rings. The number of benzene rings is 1. The lowest BCUT2D eigenvalue weighted by Gasteiger charge is -2.39. The number of amides is 2. The number of ether oxygens (including phenoxy) is 1. The quantitative estimate of drug-likeness (QED) is 0.769. The number of nitrogens with zero attached hydrogens (tertiary/aromatic N) is 1. The first-order valence-corrected chi connectivity index (χ1v) is 7.04. The fourth-order valence-corrected chi connectivity index (χ4v) is 2.82. The highest BCUT2D eigenvalue weighted by Gasteiger charge is 2.37. The van der Waals surface area contributed by atoms with Crippen LogP contribution in [0.5, 0.6) is 5.75 Å². The first-order chi connectivity index (χ1) is 10.1. The maximum atomic E-state index is 12.0. The second-order valence-electron chi connectivity index (χ2n) is 5.00. The molecule has 1 aliphatic heterocycles. The highest BCUT2D eigenvalue weighted by Crippen LogP contribution is 2.31. The first-order valence-electron chi connectivity index (χ1n) is 7.04. The Morgan fingerprint density at radius 3 is 2.76 bits per heavy atom. The molecule has 6 nitrogen and oxygen atoms in total. The van der Waals surface area contributed by atoms with E-state index in [1.807, 2.05) is 36.1 Å². The standard InChI is InChI=1S/C15H21N3O3/c1-3-11-15(20)17-14(19)9-18(11)12(8-16)10-6-4-5-7-13(10)21-2/h4-7,11-12H,3,8-9,16H2,1-2H3,(H,17,19,20). The van der Waals surface area contributed by atoms with Gasteiger partial charge in [0.15, 0.2) is 0 Å². The molecule has 6 heteroatoms. The van der Waals surface area contributed by atoms with E-state index in [-0.39, 0.29) is 30.4 Å². The van der Waals surface area contributed by atoms with Gasteiger partial charge in [0.2, 0.25) is 11.8 Å². The molecule has 1 heterocycles. The van der Waals surface area contributed by atoms with Crippen molar-refractivity contribution in [3.05, 3.63) is 29.8 Å². The molecule has 0 bridgehead atoms. The predicted octanol–water partition coefficient (Wildman–Crippen LogP) is 0.432. The van der Waals surface area contributed by atoms with E-state index < -0.39 is 0 Å². The third-order valence-corrected chi connectivity index (χ3v) is 3.80. The summed E-state index contributed by atoms with van der Waals surface area (Å²) in [6.45, 7) is 2.38. The average Bonchev–Trinajstić information content (AvgIpc) is 2.48. The Hall–Kier alpha value is -1.92. The van der Waals surface area contributed by atoms with Crippen molar-refractivity contribution in [2.24, 2.45) is 5.73 Å². The van der Waals surface area contributed by atoms with Crippen LogP contribution in [0, 0.1) is 0 Å². The Morgan fingerprint density at radius 2 is 2.14 bits per heavy atom. The largest absolute Gasteiger partial charge is 0.496 e. The van der Waals surface area contributed by atoms with Gasteiger partial charge in [0.1, 0.15) is 5.75 Å². The number of hydrogen-bond donors (Lipinski definition) is 2. The maximum Gasteiger partial charge on any atom is 0.243 e. The van der Waals surface area contributed by atoms with Crippen molar-refractivity contribution < 1.29 is 14.3 Å². The molecular weight excluding hydrogens is 270 g/mol. The predicted molar refractivity (Wildman–Crippen MR) is 78.7 cm³/mol. The minimum atomic E-state index is -0.360. The van der Waals surface area contributed by atoms with Crippen molar-refractivity contribution >= 4 is 11.8 Å². The van der Waals surface area contributed by atoms with E-state index in [9.17, 15) is 9.59 Å². The Morgan fingerprint density at radius 1 is 1.43 bits per heavy atom. The molecule has 1 saturated heterocycles. The lowest BCUT2D eigenvalue weighted by atomic mass is 9.99. The molecule has 0 aromatic heterocycles. The fourth-order valence-electron chi connectivity index (χ4n) is 2.82. The van der Waals surface area contributed by atoms with Crippen LogP contribution in [0.2, 0.25) is 0 Å². The van der Waals surface area contributed by atoms with Crippen molar-refractivity contribution in [3.63, 3.8) is 0 Å². The molecule has 2 rings (SSSR count). The van der Waals surface area contributed by atoms with Crippen molar-refractivity contribution in [2.75, 3.05) is 20.2 Å². The van der Waals surface area contributed by atoms with Gasteiger partial charge < -0.3 is 10.5 Å². The van der Waals surface area contributed by atoms with Gasteiger partial charge in [0, 0.05) is 12.1 Å². The van der Waals surface area contributed by atoms with E-state index in [4.69, 9.17) is 10.5 Å². The molecule has 0 spiro atoms. The highest BCUT2D eigenvalue weighted by molar-refractivity contribution is 6.01. The average molecular weight is 291 g/mol. The number of hydrogen-bond acceptors (Lipinski definition) is 5. The van der Waals surface area contributed by atoms with E-state index in [0.717, 1.165) is 5.56 Å². The van der Waals surface area contributed by atoms with Crippen LogP contribution in [0.15, 0.2) is 24.3 Å². The number of piperazine rings is 1. The number of rotatable bonds is 5. The monoisotopic (exact) mass is 291 g/mol. The zero-order valence-corrected chi connectivity index (χ0v) is 12.3. The third kappa shape index (κ3) is 3.06. The molecule has 0 radical (unpaired) electrons. The minimum absolute atomic E-state index is 0.157. The Kier molecular flexibility index (Phi) is 4.93. The lowest BCUT2D eigenvalue weighted by Crippen LogP contribution is -2.59. The summed E-state index contributed by atoms with van der Waals surface area (Å²) in [5.41, 5.74) is 6.82. The van der Waals surface area contributed by atoms with Crippen LogP contribution in [0.1, 0.15) is 24.9 Å². The summed E-state index contributed by atoms with van der Waals surface area (Å²) in [6.07, 6.45) is 0.616. The molecule has 3 N–H and O–H groups in total. The molecule has 21 heavy (non-hydrogen) atoms. The zero-order chi connectivity index (χ0) is 15.4. The SMILES string of the molecule is CCC1C(=O)NC(=O)CN1C(CN)c1ccccc1OC. The van der Waals surface area contributed by atoms with E-state index in [1.165, 1.54) is 0 Å². The zero-order valence-electron chi connectivity index (χ0n) is 12.3. The normalized spacial score (nSPS) is 21.0. The first kappa shape index (κ1) is 15.5. The molecule has 2 unspecified atom stereocenters. The van der Waals surface area contributed by atoms with Crippen molar-refractivity contribution in [1.29, 1.82) is 0 Å². The minimum Gasteiger partial charge on any atom is -0.496 e. The molecule has 2 atom stereocenters. The molecule has 2 amide bonds. The smallest absolute Gasteiger partial charge is 0.243 e. The summed E-state index contributed by atoms with van der Waals surface area (Å²) >= 11 is 0. The van der Waals surface area contributed by atoms with Crippen molar-refractivity contribution in [3.8, 4) is 5.75 Å². The number of methoxy groups -OCH3 is 1. The molecule has 114 valence electrons. The topological polar surface area (TPSA) is 84.7 Å². The van der Waals surface area contributed by atoms with Crippen LogP contribution in [0.25, 0.3) is 0 Å². The number of para-hydroxylation sites is 1. The van der Waals surface area contributed by atoms with Gasteiger partial charge >= 0.3 is 0 Å². The molecule has 0 aliphatic carbocycles. The lowest BCUT2D eigenvalue weighted by molar-refractivity contribution is -0.141. The number of carbonyl (C=O) groups excluding carboxylic acids is 2. The van der Waals surface area contributed by atoms with Crippen LogP contribution < -0.4 is 15.8 Å². The van der Waals surface area contributed by atoms with E-state index in [2.05, 4.69) is 5.32 Å². The third-order valence-electron chi connectivity index (χ3n) is 3.80. The van der Waals surface area contributed by atoms with Gasteiger partial charge in [-0.05, 0) is 12.5 Å². The van der Waals surface area contributed by atoms with Crippen LogP contribution in [-0.2, 0) is 9.59 Å². The molecule has 1 aromatic rings. The van der Waals surface area contributed by atoms with Gasteiger partial charge in [-0.1, -0.05) is 25.1 Å². The second-order valence-corrected chi connectivity index (χ2v) is 5.00. The van der Waals surface area contributed by atoms with Gasteiger partial charge in [0.05, 0.1) is 25.7 Å². The van der Waals surface area contributed by atoms with Gasteiger partial charge in [0.25, 0.3) is 0 Å². The van der Waals surface area contributed by atoms with E-state index >= 15 is 0 Å². The van der Waals surface area contributed by atoms with Crippen molar-refractivity contribution in [2.45, 2.75) is 25.4 Å². The Labute approximate surface area is 124 Å². The van der Waals surface area contributed by atoms with Gasteiger partial charge in [-0.15, -0.1) is 0 Å². The summed E-state index contributed by atoms with van der Waals surface area (Å²) in [5, 5.41) is 2.38. The Bertz CT molecular complexity index is 533.